The van der Waals surface area contributed by atoms with Gasteiger partial charge in [0.05, 0.1) is 17.7 Å². The molecule has 124 valence electrons. The number of methoxy groups -OCH3 is 1. The Morgan fingerprint density at radius 3 is 2.83 bits per heavy atom. The van der Waals surface area contributed by atoms with Gasteiger partial charge in [-0.15, -0.1) is 0 Å². The fourth-order valence-electron chi connectivity index (χ4n) is 2.96. The van der Waals surface area contributed by atoms with Gasteiger partial charge in [0.25, 0.3) is 5.91 Å². The van der Waals surface area contributed by atoms with Gasteiger partial charge in [0.1, 0.15) is 11.3 Å². The number of ether oxygens (including phenoxy) is 1. The number of nitrogens with zero attached hydrogens (tertiary/aromatic N) is 1. The molecule has 0 saturated heterocycles. The van der Waals surface area contributed by atoms with Crippen LogP contribution in [0.2, 0.25) is 0 Å². The van der Waals surface area contributed by atoms with E-state index < -0.39 is 11.4 Å². The SMILES string of the molecule is COCC(C)(CC(C)C)NC(=O)c1cnc2c(F)cccc2c1. The normalized spacial score (nSPS) is 14.0. The predicted octanol–water partition coefficient (Wildman–Crippen LogP) is 3.55. The van der Waals surface area contributed by atoms with Crippen LogP contribution in [0.25, 0.3) is 10.9 Å². The summed E-state index contributed by atoms with van der Waals surface area (Å²) in [5.41, 5.74) is 0.219. The molecule has 2 rings (SSSR count). The molecule has 1 N–H and O–H groups in total. The minimum absolute atomic E-state index is 0.233. The molecule has 0 fully saturated rings. The third kappa shape index (κ3) is 4.26. The largest absolute Gasteiger partial charge is 0.382 e. The molecule has 0 bridgehead atoms. The van der Waals surface area contributed by atoms with Crippen LogP contribution in [0.1, 0.15) is 37.6 Å². The van der Waals surface area contributed by atoms with Crippen molar-refractivity contribution in [3.8, 4) is 0 Å². The number of amides is 1. The van der Waals surface area contributed by atoms with E-state index in [-0.39, 0.29) is 11.4 Å². The van der Waals surface area contributed by atoms with Crippen molar-refractivity contribution in [2.75, 3.05) is 13.7 Å². The lowest BCUT2D eigenvalue weighted by molar-refractivity contribution is 0.0745. The number of carbonyl (C=O) groups is 1. The molecule has 2 aromatic rings. The van der Waals surface area contributed by atoms with Crippen molar-refractivity contribution in [1.82, 2.24) is 10.3 Å². The fourth-order valence-corrected chi connectivity index (χ4v) is 2.96. The average molecular weight is 318 g/mol. The summed E-state index contributed by atoms with van der Waals surface area (Å²) < 4.78 is 18.9. The minimum atomic E-state index is -0.461. The maximum absolute atomic E-state index is 13.7. The van der Waals surface area contributed by atoms with E-state index in [9.17, 15) is 9.18 Å². The monoisotopic (exact) mass is 318 g/mol. The molecule has 1 atom stereocenters. The van der Waals surface area contributed by atoms with Crippen molar-refractivity contribution in [1.29, 1.82) is 0 Å². The lowest BCUT2D eigenvalue weighted by Crippen LogP contribution is -2.50. The first-order valence-electron chi connectivity index (χ1n) is 7.70. The number of aromatic nitrogens is 1. The van der Waals surface area contributed by atoms with Crippen LogP contribution in [0.4, 0.5) is 4.39 Å². The molecule has 1 aromatic carbocycles. The lowest BCUT2D eigenvalue weighted by atomic mass is 9.91. The Morgan fingerprint density at radius 2 is 2.17 bits per heavy atom. The Kier molecular flexibility index (Phi) is 5.31. The molecule has 5 heteroatoms. The smallest absolute Gasteiger partial charge is 0.253 e. The van der Waals surface area contributed by atoms with Crippen LogP contribution in [-0.2, 0) is 4.74 Å². The summed E-state index contributed by atoms with van der Waals surface area (Å²) in [6.07, 6.45) is 2.20. The van der Waals surface area contributed by atoms with Gasteiger partial charge in [-0.3, -0.25) is 9.78 Å². The van der Waals surface area contributed by atoms with Crippen LogP contribution in [0.3, 0.4) is 0 Å². The van der Waals surface area contributed by atoms with Crippen molar-refractivity contribution < 1.29 is 13.9 Å². The zero-order valence-electron chi connectivity index (χ0n) is 14.0. The third-order valence-corrected chi connectivity index (χ3v) is 3.66. The van der Waals surface area contributed by atoms with E-state index in [2.05, 4.69) is 24.1 Å². The lowest BCUT2D eigenvalue weighted by Gasteiger charge is -2.31. The molecule has 0 radical (unpaired) electrons. The molecule has 0 aliphatic rings. The first kappa shape index (κ1) is 17.3. The number of rotatable bonds is 6. The highest BCUT2D eigenvalue weighted by atomic mass is 19.1. The minimum Gasteiger partial charge on any atom is -0.382 e. The summed E-state index contributed by atoms with van der Waals surface area (Å²) in [6.45, 7) is 6.58. The van der Waals surface area contributed by atoms with Gasteiger partial charge in [-0.1, -0.05) is 26.0 Å². The van der Waals surface area contributed by atoms with Gasteiger partial charge in [-0.2, -0.15) is 0 Å². The standard InChI is InChI=1S/C18H23FN2O2/c1-12(2)9-18(3,11-23-4)21-17(22)14-8-13-6-5-7-15(19)16(13)20-10-14/h5-8,10,12H,9,11H2,1-4H3,(H,21,22). The highest BCUT2D eigenvalue weighted by Gasteiger charge is 2.28. The second kappa shape index (κ2) is 7.04. The van der Waals surface area contributed by atoms with Gasteiger partial charge in [0.2, 0.25) is 0 Å². The van der Waals surface area contributed by atoms with Gasteiger partial charge >= 0.3 is 0 Å². The molecular formula is C18H23FN2O2. The molecule has 0 aliphatic heterocycles. The number of pyridine rings is 1. The predicted molar refractivity (Wildman–Crippen MR) is 88.9 cm³/mol. The van der Waals surface area contributed by atoms with E-state index in [4.69, 9.17) is 4.74 Å². The van der Waals surface area contributed by atoms with Crippen LogP contribution in [-0.4, -0.2) is 30.1 Å². The topological polar surface area (TPSA) is 51.2 Å². The van der Waals surface area contributed by atoms with E-state index in [1.165, 1.54) is 12.3 Å². The zero-order chi connectivity index (χ0) is 17.0. The molecule has 1 amide bonds. The number of fused-ring (bicyclic) bond motifs is 1. The Bertz CT molecular complexity index is 702. The van der Waals surface area contributed by atoms with Crippen molar-refractivity contribution >= 4 is 16.8 Å². The van der Waals surface area contributed by atoms with Crippen LogP contribution >= 0.6 is 0 Å². The summed E-state index contributed by atoms with van der Waals surface area (Å²) in [5, 5.41) is 3.63. The van der Waals surface area contributed by atoms with Crippen molar-refractivity contribution in [2.24, 2.45) is 5.92 Å². The second-order valence-electron chi connectivity index (χ2n) is 6.58. The molecule has 4 nitrogen and oxygen atoms in total. The number of para-hydroxylation sites is 1. The Hall–Kier alpha value is -2.01. The van der Waals surface area contributed by atoms with Gasteiger partial charge in [-0.25, -0.2) is 4.39 Å². The van der Waals surface area contributed by atoms with Crippen molar-refractivity contribution in [2.45, 2.75) is 32.7 Å². The number of benzene rings is 1. The van der Waals surface area contributed by atoms with Crippen LogP contribution in [0, 0.1) is 11.7 Å². The number of nitrogens with one attached hydrogen (secondary N) is 1. The molecule has 0 saturated carbocycles. The molecule has 23 heavy (non-hydrogen) atoms. The number of hydrogen-bond donors (Lipinski definition) is 1. The number of halogens is 1. The maximum atomic E-state index is 13.7. The Labute approximate surface area is 136 Å². The van der Waals surface area contributed by atoms with Crippen LogP contribution in [0.15, 0.2) is 30.5 Å². The fraction of sp³-hybridized carbons (Fsp3) is 0.444. The number of hydrogen-bond acceptors (Lipinski definition) is 3. The summed E-state index contributed by atoms with van der Waals surface area (Å²) >= 11 is 0. The molecule has 1 unspecified atom stereocenters. The average Bonchev–Trinajstić information content (AvgIpc) is 2.46. The van der Waals surface area contributed by atoms with E-state index in [1.54, 1.807) is 25.3 Å². The van der Waals surface area contributed by atoms with Gasteiger partial charge < -0.3 is 10.1 Å². The Morgan fingerprint density at radius 1 is 1.43 bits per heavy atom. The van der Waals surface area contributed by atoms with Crippen molar-refractivity contribution in [3.05, 3.63) is 41.8 Å². The summed E-state index contributed by atoms with van der Waals surface area (Å²) in [7, 11) is 1.62. The second-order valence-corrected chi connectivity index (χ2v) is 6.58. The van der Waals surface area contributed by atoms with E-state index in [0.717, 1.165) is 6.42 Å². The molecular weight excluding hydrogens is 295 g/mol. The van der Waals surface area contributed by atoms with E-state index in [1.807, 2.05) is 6.92 Å². The van der Waals surface area contributed by atoms with E-state index in [0.29, 0.717) is 23.5 Å². The first-order valence-corrected chi connectivity index (χ1v) is 7.70. The zero-order valence-corrected chi connectivity index (χ0v) is 14.0. The van der Waals surface area contributed by atoms with Crippen molar-refractivity contribution in [3.63, 3.8) is 0 Å². The van der Waals surface area contributed by atoms with Crippen LogP contribution in [0.5, 0.6) is 0 Å². The highest BCUT2D eigenvalue weighted by Crippen LogP contribution is 2.20. The molecule has 0 spiro atoms. The third-order valence-electron chi connectivity index (χ3n) is 3.66. The summed E-state index contributed by atoms with van der Waals surface area (Å²) in [5.74, 6) is -0.207. The first-order chi connectivity index (χ1) is 10.8. The van der Waals surface area contributed by atoms with Gasteiger partial charge in [-0.05, 0) is 31.4 Å². The molecule has 1 heterocycles. The quantitative estimate of drug-likeness (QED) is 0.886. The van der Waals surface area contributed by atoms with Gasteiger partial charge in [0.15, 0.2) is 0 Å². The Balaban J connectivity index is 2.25. The summed E-state index contributed by atoms with van der Waals surface area (Å²) in [4.78, 5) is 16.6. The molecule has 0 aliphatic carbocycles. The highest BCUT2D eigenvalue weighted by molar-refractivity contribution is 5.97. The maximum Gasteiger partial charge on any atom is 0.253 e. The number of carbonyl (C=O) groups excluding carboxylic acids is 1. The van der Waals surface area contributed by atoms with Crippen LogP contribution < -0.4 is 5.32 Å². The molecule has 1 aromatic heterocycles. The summed E-state index contributed by atoms with van der Waals surface area (Å²) in [6, 6.07) is 6.36. The van der Waals surface area contributed by atoms with E-state index >= 15 is 0 Å². The van der Waals surface area contributed by atoms with Gasteiger partial charge in [0, 0.05) is 18.7 Å².